The van der Waals surface area contributed by atoms with E-state index < -0.39 is 8.07 Å². The van der Waals surface area contributed by atoms with Crippen molar-refractivity contribution in [2.24, 2.45) is 5.92 Å². The Morgan fingerprint density at radius 3 is 2.37 bits per heavy atom. The summed E-state index contributed by atoms with van der Waals surface area (Å²) in [5, 5.41) is 2.88. The Balaban J connectivity index is 1.39. The van der Waals surface area contributed by atoms with E-state index in [1.165, 1.54) is 47.5 Å². The monoisotopic (exact) mass is 491 g/mol. The molecule has 0 radical (unpaired) electrons. The van der Waals surface area contributed by atoms with Crippen molar-refractivity contribution in [1.29, 1.82) is 0 Å². The van der Waals surface area contributed by atoms with Gasteiger partial charge in [-0.3, -0.25) is 4.90 Å². The van der Waals surface area contributed by atoms with E-state index in [9.17, 15) is 0 Å². The minimum absolute atomic E-state index is 0.174. The number of benzene rings is 1. The summed E-state index contributed by atoms with van der Waals surface area (Å²) in [4.78, 5) is 10.8. The van der Waals surface area contributed by atoms with Crippen molar-refractivity contribution in [3.8, 4) is 0 Å². The first-order valence-electron chi connectivity index (χ1n) is 13.3. The van der Waals surface area contributed by atoms with Crippen molar-refractivity contribution in [3.05, 3.63) is 59.8 Å². The van der Waals surface area contributed by atoms with E-state index >= 15 is 0 Å². The average molecular weight is 492 g/mol. The molecule has 1 aliphatic carbocycles. The van der Waals surface area contributed by atoms with Crippen molar-refractivity contribution in [3.63, 3.8) is 0 Å². The molecule has 5 heteroatoms. The smallest absolute Gasteiger partial charge is 0.137 e. The van der Waals surface area contributed by atoms with Gasteiger partial charge in [0.25, 0.3) is 0 Å². The molecular formula is C30H45N3OSi. The molecule has 190 valence electrons. The molecule has 4 rings (SSSR count). The Hall–Kier alpha value is -1.95. The molecule has 4 nitrogen and oxygen atoms in total. The number of hydrogen-bond donors (Lipinski definition) is 1. The van der Waals surface area contributed by atoms with Crippen LogP contribution in [0, 0.1) is 5.92 Å². The third kappa shape index (κ3) is 5.14. The van der Waals surface area contributed by atoms with Crippen LogP contribution >= 0.6 is 0 Å². The summed E-state index contributed by atoms with van der Waals surface area (Å²) >= 11 is 0. The van der Waals surface area contributed by atoms with E-state index in [2.05, 4.69) is 99.2 Å². The van der Waals surface area contributed by atoms with Crippen LogP contribution in [-0.2, 0) is 16.9 Å². The molecule has 3 aromatic rings. The molecule has 0 aliphatic heterocycles. The second-order valence-electron chi connectivity index (χ2n) is 12.3. The highest BCUT2D eigenvalue weighted by Gasteiger charge is 2.41. The highest BCUT2D eigenvalue weighted by Crippen LogP contribution is 2.44. The van der Waals surface area contributed by atoms with Crippen LogP contribution in [0.3, 0.4) is 0 Å². The van der Waals surface area contributed by atoms with Gasteiger partial charge in [-0.15, -0.1) is 0 Å². The molecular weight excluding hydrogens is 446 g/mol. The van der Waals surface area contributed by atoms with Gasteiger partial charge in [0, 0.05) is 34.6 Å². The van der Waals surface area contributed by atoms with E-state index in [1.54, 1.807) is 0 Å². The SMILES string of the molecule is CN(C)C1(c2ccccc2)CCC(CCOCc2c([Si](C)(C)C(C)(C)C)[nH]c3ncccc23)CC1. The fraction of sp³-hybridized carbons (Fsp3) is 0.567. The van der Waals surface area contributed by atoms with Gasteiger partial charge in [0.1, 0.15) is 13.7 Å². The van der Waals surface area contributed by atoms with Gasteiger partial charge in [-0.05, 0) is 74.9 Å². The predicted molar refractivity (Wildman–Crippen MR) is 151 cm³/mol. The number of aromatic amines is 1. The van der Waals surface area contributed by atoms with Gasteiger partial charge in [-0.2, -0.15) is 0 Å². The fourth-order valence-electron chi connectivity index (χ4n) is 5.75. The van der Waals surface area contributed by atoms with Crippen molar-refractivity contribution >= 4 is 24.4 Å². The lowest BCUT2D eigenvalue weighted by molar-refractivity contribution is 0.0567. The average Bonchev–Trinajstić information content (AvgIpc) is 3.21. The van der Waals surface area contributed by atoms with Gasteiger partial charge >= 0.3 is 0 Å². The Morgan fingerprint density at radius 2 is 1.74 bits per heavy atom. The van der Waals surface area contributed by atoms with Gasteiger partial charge in [0.2, 0.25) is 0 Å². The van der Waals surface area contributed by atoms with Crippen LogP contribution in [0.5, 0.6) is 0 Å². The van der Waals surface area contributed by atoms with Crippen LogP contribution in [0.4, 0.5) is 0 Å². The molecule has 1 N–H and O–H groups in total. The lowest BCUT2D eigenvalue weighted by Gasteiger charge is -2.45. The van der Waals surface area contributed by atoms with E-state index in [4.69, 9.17) is 4.74 Å². The summed E-state index contributed by atoms with van der Waals surface area (Å²) < 4.78 is 6.39. The number of fused-ring (bicyclic) bond motifs is 1. The van der Waals surface area contributed by atoms with E-state index in [0.29, 0.717) is 6.61 Å². The molecule has 1 saturated carbocycles. The first-order valence-corrected chi connectivity index (χ1v) is 16.3. The Morgan fingerprint density at radius 1 is 1.06 bits per heavy atom. The van der Waals surface area contributed by atoms with Crippen LogP contribution in [0.25, 0.3) is 11.0 Å². The summed E-state index contributed by atoms with van der Waals surface area (Å²) in [5.74, 6) is 0.747. The number of nitrogens with zero attached hydrogens (tertiary/aromatic N) is 2. The third-order valence-electron chi connectivity index (χ3n) is 9.19. The summed E-state index contributed by atoms with van der Waals surface area (Å²) in [6, 6.07) is 15.3. The lowest BCUT2D eigenvalue weighted by atomic mass is 9.71. The molecule has 2 aromatic heterocycles. The number of hydrogen-bond acceptors (Lipinski definition) is 3. The van der Waals surface area contributed by atoms with Crippen molar-refractivity contribution in [2.75, 3.05) is 20.7 Å². The summed E-state index contributed by atoms with van der Waals surface area (Å²) in [7, 11) is 2.74. The van der Waals surface area contributed by atoms with Gasteiger partial charge in [0.15, 0.2) is 0 Å². The molecule has 35 heavy (non-hydrogen) atoms. The molecule has 0 bridgehead atoms. The maximum Gasteiger partial charge on any atom is 0.137 e. The quantitative estimate of drug-likeness (QED) is 0.277. The molecule has 0 unspecified atom stereocenters. The van der Waals surface area contributed by atoms with Crippen LogP contribution in [-0.4, -0.2) is 43.6 Å². The van der Waals surface area contributed by atoms with Crippen LogP contribution in [0.1, 0.15) is 64.0 Å². The largest absolute Gasteiger partial charge is 0.377 e. The first kappa shape index (κ1) is 26.1. The van der Waals surface area contributed by atoms with Crippen molar-refractivity contribution in [1.82, 2.24) is 14.9 Å². The first-order chi connectivity index (χ1) is 16.6. The topological polar surface area (TPSA) is 41.1 Å². The number of nitrogens with one attached hydrogen (secondary N) is 1. The molecule has 1 fully saturated rings. The number of rotatable bonds is 8. The maximum atomic E-state index is 6.39. The number of pyridine rings is 1. The van der Waals surface area contributed by atoms with Crippen LogP contribution < -0.4 is 5.32 Å². The molecule has 0 spiro atoms. The molecule has 0 atom stereocenters. The van der Waals surface area contributed by atoms with E-state index in [0.717, 1.165) is 24.6 Å². The summed E-state index contributed by atoms with van der Waals surface area (Å²) in [6.45, 7) is 13.5. The van der Waals surface area contributed by atoms with Crippen LogP contribution in [0.15, 0.2) is 48.7 Å². The number of aromatic nitrogens is 2. The Kier molecular flexibility index (Phi) is 7.61. The standard InChI is InChI=1S/C30H45N3OSi/c1-29(2,3)35(6,7)28-26(25-14-11-20-31-27(25)32-28)22-34-21-17-23-15-18-30(19-16-23,33(4)5)24-12-9-8-10-13-24/h8-14,20,23H,15-19,21-22H2,1-7H3,(H,31,32). The van der Waals surface area contributed by atoms with Crippen molar-refractivity contribution in [2.45, 2.75) is 83.2 Å². The Bertz CT molecular complexity index is 1110. The van der Waals surface area contributed by atoms with Gasteiger partial charge in [-0.1, -0.05) is 64.2 Å². The van der Waals surface area contributed by atoms with E-state index in [1.807, 2.05) is 12.3 Å². The molecule has 2 heterocycles. The minimum atomic E-state index is -1.74. The normalized spacial score (nSPS) is 21.7. The third-order valence-corrected chi connectivity index (χ3v) is 14.6. The van der Waals surface area contributed by atoms with Gasteiger partial charge < -0.3 is 9.72 Å². The fourth-order valence-corrected chi connectivity index (χ4v) is 7.89. The highest BCUT2D eigenvalue weighted by molar-refractivity contribution is 6.92. The van der Waals surface area contributed by atoms with Gasteiger partial charge in [-0.25, -0.2) is 4.98 Å². The van der Waals surface area contributed by atoms with Crippen LogP contribution in [0.2, 0.25) is 18.1 Å². The molecule has 1 aromatic carbocycles. The molecule has 0 saturated heterocycles. The van der Waals surface area contributed by atoms with E-state index in [-0.39, 0.29) is 10.6 Å². The zero-order chi connectivity index (χ0) is 25.3. The highest BCUT2D eigenvalue weighted by atomic mass is 28.3. The second kappa shape index (κ2) is 10.2. The molecule has 0 amide bonds. The maximum absolute atomic E-state index is 6.39. The molecule has 1 aliphatic rings. The lowest BCUT2D eigenvalue weighted by Crippen LogP contribution is -2.51. The summed E-state index contributed by atoms with van der Waals surface area (Å²) in [5.41, 5.74) is 3.97. The van der Waals surface area contributed by atoms with Gasteiger partial charge in [0.05, 0.1) is 6.61 Å². The predicted octanol–water partition coefficient (Wildman–Crippen LogP) is 6.83. The number of H-pyrrole nitrogens is 1. The summed E-state index contributed by atoms with van der Waals surface area (Å²) in [6.07, 6.45) is 8.00. The zero-order valence-electron chi connectivity index (χ0n) is 22.9. The zero-order valence-corrected chi connectivity index (χ0v) is 23.9. The Labute approximate surface area is 213 Å². The minimum Gasteiger partial charge on any atom is -0.377 e. The number of ether oxygens (including phenoxy) is 1. The second-order valence-corrected chi connectivity index (χ2v) is 17.6. The van der Waals surface area contributed by atoms with Crippen molar-refractivity contribution < 1.29 is 4.74 Å².